The molecular weight excluding hydrogens is 420 g/mol. The highest BCUT2D eigenvalue weighted by molar-refractivity contribution is 6.06. The van der Waals surface area contributed by atoms with Crippen molar-refractivity contribution in [2.45, 2.75) is 31.3 Å². The van der Waals surface area contributed by atoms with Crippen molar-refractivity contribution < 1.29 is 9.32 Å². The van der Waals surface area contributed by atoms with Gasteiger partial charge in [-0.3, -0.25) is 15.6 Å². The van der Waals surface area contributed by atoms with Crippen molar-refractivity contribution in [2.75, 3.05) is 17.2 Å². The molecule has 0 radical (unpaired) electrons. The second-order valence-electron chi connectivity index (χ2n) is 8.66. The fraction of sp³-hybridized carbons (Fsp3) is 0.304. The predicted octanol–water partition coefficient (Wildman–Crippen LogP) is 2.92. The molecule has 1 aromatic carbocycles. The summed E-state index contributed by atoms with van der Waals surface area (Å²) in [6.07, 6.45) is 8.01. The average molecular weight is 444 g/mol. The topological polar surface area (TPSA) is 133 Å². The molecule has 0 spiro atoms. The summed E-state index contributed by atoms with van der Waals surface area (Å²) in [6.45, 7) is 1.02. The van der Waals surface area contributed by atoms with Crippen LogP contribution < -0.4 is 21.5 Å². The Morgan fingerprint density at radius 2 is 2.15 bits per heavy atom. The first-order valence-corrected chi connectivity index (χ1v) is 11.1. The number of carbonyl (C=O) groups excluding carboxylic acids is 1. The van der Waals surface area contributed by atoms with Gasteiger partial charge in [0.15, 0.2) is 5.82 Å². The van der Waals surface area contributed by atoms with Gasteiger partial charge < -0.3 is 20.1 Å². The summed E-state index contributed by atoms with van der Waals surface area (Å²) in [4.78, 5) is 24.9. The molecule has 3 unspecified atom stereocenters. The van der Waals surface area contributed by atoms with E-state index in [1.165, 1.54) is 12.5 Å². The number of hydrogen-bond acceptors (Lipinski definition) is 8. The van der Waals surface area contributed by atoms with Crippen LogP contribution >= 0.6 is 0 Å². The molecule has 10 heteroatoms. The van der Waals surface area contributed by atoms with Gasteiger partial charge in [-0.15, -0.1) is 0 Å². The number of carbonyl (C=O) groups is 1. The van der Waals surface area contributed by atoms with Crippen LogP contribution in [0.2, 0.25) is 0 Å². The smallest absolute Gasteiger partial charge is 0.272 e. The van der Waals surface area contributed by atoms with E-state index in [4.69, 9.17) is 9.51 Å². The first kappa shape index (κ1) is 19.9. The van der Waals surface area contributed by atoms with E-state index < -0.39 is 0 Å². The lowest BCUT2D eigenvalue weighted by atomic mass is 9.83. The SMILES string of the molecule is O=C(Nc1cnoc1)c1cc2ccc(-c3nccc(NC4CCC5NNCC5C4)n3)cc2[nH]1. The third-order valence-corrected chi connectivity index (χ3v) is 6.46. The van der Waals surface area contributed by atoms with Crippen molar-refractivity contribution in [3.8, 4) is 11.4 Å². The molecule has 3 aromatic heterocycles. The average Bonchev–Trinajstić information content (AvgIpc) is 3.59. The number of fused-ring (bicyclic) bond motifs is 2. The Kier molecular flexibility index (Phi) is 5.00. The summed E-state index contributed by atoms with van der Waals surface area (Å²) in [5, 5.41) is 10.9. The molecular formula is C23H24N8O2. The highest BCUT2D eigenvalue weighted by Crippen LogP contribution is 2.29. The van der Waals surface area contributed by atoms with Crippen molar-refractivity contribution in [1.82, 2.24) is 31.0 Å². The molecule has 4 heterocycles. The van der Waals surface area contributed by atoms with E-state index in [0.29, 0.717) is 35.2 Å². The number of nitrogens with one attached hydrogen (secondary N) is 5. The van der Waals surface area contributed by atoms with Crippen molar-refractivity contribution in [3.05, 3.63) is 54.7 Å². The number of benzene rings is 1. The zero-order valence-electron chi connectivity index (χ0n) is 17.8. The maximum atomic E-state index is 12.5. The molecule has 2 fully saturated rings. The van der Waals surface area contributed by atoms with Gasteiger partial charge in [0.2, 0.25) is 0 Å². The lowest BCUT2D eigenvalue weighted by Gasteiger charge is -2.31. The van der Waals surface area contributed by atoms with Gasteiger partial charge in [-0.1, -0.05) is 17.3 Å². The van der Waals surface area contributed by atoms with Crippen LogP contribution in [0.4, 0.5) is 11.5 Å². The number of hydrogen-bond donors (Lipinski definition) is 5. The third-order valence-electron chi connectivity index (χ3n) is 6.46. The Morgan fingerprint density at radius 1 is 1.18 bits per heavy atom. The van der Waals surface area contributed by atoms with Crippen LogP contribution in [0.1, 0.15) is 29.8 Å². The minimum atomic E-state index is -0.263. The zero-order chi connectivity index (χ0) is 22.2. The Balaban J connectivity index is 1.19. The van der Waals surface area contributed by atoms with E-state index in [1.807, 2.05) is 30.3 Å². The zero-order valence-corrected chi connectivity index (χ0v) is 17.8. The Bertz CT molecular complexity index is 1280. The number of aromatic nitrogens is 4. The molecule has 33 heavy (non-hydrogen) atoms. The molecule has 168 valence electrons. The summed E-state index contributed by atoms with van der Waals surface area (Å²) in [5.41, 5.74) is 9.32. The van der Waals surface area contributed by atoms with Crippen LogP contribution in [-0.2, 0) is 0 Å². The number of hydrazine groups is 1. The van der Waals surface area contributed by atoms with Crippen LogP contribution in [-0.4, -0.2) is 44.6 Å². The summed E-state index contributed by atoms with van der Waals surface area (Å²) in [6, 6.07) is 10.6. The lowest BCUT2D eigenvalue weighted by molar-refractivity contribution is 0.102. The van der Waals surface area contributed by atoms with Crippen LogP contribution in [0.5, 0.6) is 0 Å². The van der Waals surface area contributed by atoms with Gasteiger partial charge in [-0.2, -0.15) is 0 Å². The first-order chi connectivity index (χ1) is 16.2. The molecule has 3 atom stereocenters. The van der Waals surface area contributed by atoms with Gasteiger partial charge >= 0.3 is 0 Å². The number of nitrogens with zero attached hydrogens (tertiary/aromatic N) is 3. The maximum absolute atomic E-state index is 12.5. The Hall–Kier alpha value is -3.76. The van der Waals surface area contributed by atoms with Crippen molar-refractivity contribution in [1.29, 1.82) is 0 Å². The van der Waals surface area contributed by atoms with E-state index in [0.717, 1.165) is 48.1 Å². The van der Waals surface area contributed by atoms with Gasteiger partial charge in [0.1, 0.15) is 23.5 Å². The fourth-order valence-corrected chi connectivity index (χ4v) is 4.77. The molecule has 5 N–H and O–H groups in total. The van der Waals surface area contributed by atoms with E-state index in [-0.39, 0.29) is 5.91 Å². The number of anilines is 2. The molecule has 4 aromatic rings. The molecule has 1 saturated heterocycles. The minimum absolute atomic E-state index is 0.263. The van der Waals surface area contributed by atoms with Crippen molar-refractivity contribution >= 4 is 28.3 Å². The second-order valence-corrected chi connectivity index (χ2v) is 8.66. The van der Waals surface area contributed by atoms with Gasteiger partial charge in [-0.25, -0.2) is 9.97 Å². The van der Waals surface area contributed by atoms with E-state index >= 15 is 0 Å². The van der Waals surface area contributed by atoms with E-state index in [1.54, 1.807) is 6.20 Å². The first-order valence-electron chi connectivity index (χ1n) is 11.1. The Morgan fingerprint density at radius 3 is 3.06 bits per heavy atom. The van der Waals surface area contributed by atoms with Crippen LogP contribution in [0, 0.1) is 5.92 Å². The summed E-state index contributed by atoms with van der Waals surface area (Å²) < 4.78 is 4.75. The molecule has 1 saturated carbocycles. The van der Waals surface area contributed by atoms with Gasteiger partial charge in [0, 0.05) is 41.3 Å². The second kappa shape index (κ2) is 8.30. The normalized spacial score (nSPS) is 22.2. The Labute approximate surface area is 189 Å². The molecule has 2 aliphatic rings. The monoisotopic (exact) mass is 444 g/mol. The summed E-state index contributed by atoms with van der Waals surface area (Å²) in [5.74, 6) is 1.87. The predicted molar refractivity (Wildman–Crippen MR) is 123 cm³/mol. The lowest BCUT2D eigenvalue weighted by Crippen LogP contribution is -2.39. The standard InChI is InChI=1S/C23H24N8O2/c32-23(28-17-11-26-33-12-17)20-8-13-1-2-14(9-19(13)29-20)22-24-6-5-21(30-22)27-16-3-4-18-15(7-16)10-25-31-18/h1-2,5-6,8-9,11-12,15-16,18,25,29,31H,3-4,7,10H2,(H,28,32)(H,24,27,30). The molecule has 0 bridgehead atoms. The highest BCUT2D eigenvalue weighted by Gasteiger charge is 2.33. The third kappa shape index (κ3) is 4.06. The van der Waals surface area contributed by atoms with Crippen molar-refractivity contribution in [3.63, 3.8) is 0 Å². The van der Waals surface area contributed by atoms with Crippen LogP contribution in [0.15, 0.2) is 53.5 Å². The van der Waals surface area contributed by atoms with Crippen molar-refractivity contribution in [2.24, 2.45) is 5.92 Å². The quantitative estimate of drug-likeness (QED) is 0.317. The largest absolute Gasteiger partial charge is 0.367 e. The van der Waals surface area contributed by atoms with Crippen LogP contribution in [0.25, 0.3) is 22.3 Å². The number of amides is 1. The van der Waals surface area contributed by atoms with Gasteiger partial charge in [0.25, 0.3) is 5.91 Å². The molecule has 6 rings (SSSR count). The molecule has 1 aliphatic heterocycles. The molecule has 1 amide bonds. The maximum Gasteiger partial charge on any atom is 0.272 e. The number of aromatic amines is 1. The molecule has 10 nitrogen and oxygen atoms in total. The molecule has 1 aliphatic carbocycles. The fourth-order valence-electron chi connectivity index (χ4n) is 4.77. The van der Waals surface area contributed by atoms with E-state index in [2.05, 4.69) is 36.6 Å². The van der Waals surface area contributed by atoms with Gasteiger partial charge in [-0.05, 0) is 43.4 Å². The van der Waals surface area contributed by atoms with Gasteiger partial charge in [0.05, 0.1) is 6.20 Å². The number of rotatable bonds is 5. The van der Waals surface area contributed by atoms with Crippen LogP contribution in [0.3, 0.4) is 0 Å². The minimum Gasteiger partial charge on any atom is -0.367 e. The highest BCUT2D eigenvalue weighted by atomic mass is 16.5. The number of H-pyrrole nitrogens is 1. The van der Waals surface area contributed by atoms with E-state index in [9.17, 15) is 4.79 Å². The summed E-state index contributed by atoms with van der Waals surface area (Å²) >= 11 is 0. The summed E-state index contributed by atoms with van der Waals surface area (Å²) in [7, 11) is 0.